The summed E-state index contributed by atoms with van der Waals surface area (Å²) < 4.78 is 18.8. The van der Waals surface area contributed by atoms with Gasteiger partial charge in [-0.05, 0) is 54.0 Å². The molecule has 10 heteroatoms. The Labute approximate surface area is 231 Å². The highest BCUT2D eigenvalue weighted by Crippen LogP contribution is 2.27. The number of carbonyl (C=O) groups excluding carboxylic acids is 3. The maximum absolute atomic E-state index is 13.6. The van der Waals surface area contributed by atoms with E-state index >= 15 is 0 Å². The van der Waals surface area contributed by atoms with Crippen LogP contribution in [-0.2, 0) is 33.9 Å². The quantitative estimate of drug-likeness (QED) is 0.266. The Morgan fingerprint density at radius 1 is 1.13 bits per heavy atom. The van der Waals surface area contributed by atoms with E-state index in [0.29, 0.717) is 44.7 Å². The predicted molar refractivity (Wildman–Crippen MR) is 149 cm³/mol. The van der Waals surface area contributed by atoms with E-state index in [1.54, 1.807) is 5.48 Å². The van der Waals surface area contributed by atoms with E-state index in [9.17, 15) is 19.6 Å². The summed E-state index contributed by atoms with van der Waals surface area (Å²) in [5.41, 5.74) is 10.2. The van der Waals surface area contributed by atoms with Gasteiger partial charge in [0, 0.05) is 25.4 Å². The van der Waals surface area contributed by atoms with E-state index in [1.807, 2.05) is 62.4 Å². The molecule has 0 spiro atoms. The topological polar surface area (TPSA) is 143 Å². The molecule has 0 unspecified atom stereocenters. The molecule has 0 aliphatic carbocycles. The molecule has 0 saturated carbocycles. The summed E-state index contributed by atoms with van der Waals surface area (Å²) in [5, 5.41) is 15.2. The number of hydrogen-bond acceptors (Lipinski definition) is 6. The SMILES string of the molecule is C.CC(C)C[C@H]1C(=O)N[C@H](C(=O)NCc2ccc(CN)cc2)Cc2ccc(cc2)OCCC[C@@H]1C(=O)NO.[3H]F. The predicted octanol–water partition coefficient (Wildman–Crippen LogP) is 3.23. The van der Waals surface area contributed by atoms with Crippen molar-refractivity contribution in [2.24, 2.45) is 23.5 Å². The van der Waals surface area contributed by atoms with Crippen LogP contribution in [0.5, 0.6) is 5.75 Å². The first-order valence-corrected chi connectivity index (χ1v) is 12.8. The van der Waals surface area contributed by atoms with Gasteiger partial charge in [-0.25, -0.2) is 5.48 Å². The Bertz CT molecular complexity index is 1050. The van der Waals surface area contributed by atoms with Gasteiger partial charge >= 0.3 is 0 Å². The van der Waals surface area contributed by atoms with Crippen LogP contribution in [0.2, 0.25) is 0 Å². The molecule has 0 saturated heterocycles. The fourth-order valence-electron chi connectivity index (χ4n) is 4.60. The van der Waals surface area contributed by atoms with Crippen molar-refractivity contribution in [2.75, 3.05) is 6.61 Å². The third-order valence-electron chi connectivity index (χ3n) is 6.64. The van der Waals surface area contributed by atoms with Crippen LogP contribution in [-0.4, -0.2) is 37.0 Å². The fourth-order valence-corrected chi connectivity index (χ4v) is 4.60. The van der Waals surface area contributed by atoms with Crippen molar-refractivity contribution in [2.45, 2.75) is 66.1 Å². The van der Waals surface area contributed by atoms with Gasteiger partial charge in [0.1, 0.15) is 11.8 Å². The molecule has 0 aromatic heterocycles. The van der Waals surface area contributed by atoms with Gasteiger partial charge in [0.15, 0.2) is 0 Å². The fraction of sp³-hybridized carbons (Fsp3) is 0.483. The van der Waals surface area contributed by atoms with E-state index < -0.39 is 23.8 Å². The minimum absolute atomic E-state index is 0. The van der Waals surface area contributed by atoms with Crippen LogP contribution in [0.4, 0.5) is 4.72 Å². The Morgan fingerprint density at radius 2 is 1.77 bits per heavy atom. The molecular weight excluding hydrogens is 503 g/mol. The zero-order chi connectivity index (χ0) is 28.8. The van der Waals surface area contributed by atoms with E-state index in [-0.39, 0.29) is 31.6 Å². The largest absolute Gasteiger partial charge is 0.494 e. The number of halogens is 1. The highest BCUT2D eigenvalue weighted by Gasteiger charge is 2.36. The summed E-state index contributed by atoms with van der Waals surface area (Å²) in [4.78, 5) is 39.5. The van der Waals surface area contributed by atoms with Gasteiger partial charge in [-0.15, -0.1) is 0 Å². The zero-order valence-corrected chi connectivity index (χ0v) is 21.9. The second kappa shape index (κ2) is 16.5. The van der Waals surface area contributed by atoms with Gasteiger partial charge in [0.25, 0.3) is 1.45 Å². The molecule has 6 N–H and O–H groups in total. The Kier molecular flexibility index (Phi) is 13.4. The third kappa shape index (κ3) is 9.96. The lowest BCUT2D eigenvalue weighted by Crippen LogP contribution is -2.51. The molecule has 0 fully saturated rings. The molecule has 39 heavy (non-hydrogen) atoms. The van der Waals surface area contributed by atoms with Gasteiger partial charge < -0.3 is 21.1 Å². The van der Waals surface area contributed by atoms with E-state index in [0.717, 1.165) is 16.7 Å². The number of nitrogens with one attached hydrogen (secondary N) is 3. The maximum atomic E-state index is 13.6. The van der Waals surface area contributed by atoms with Crippen molar-refractivity contribution in [3.63, 3.8) is 0 Å². The highest BCUT2D eigenvalue weighted by atomic mass is 19.0. The first-order valence-electron chi connectivity index (χ1n) is 13.2. The van der Waals surface area contributed by atoms with Crippen LogP contribution < -0.4 is 26.6 Å². The standard InChI is InChI=1S/C28H38N4O5.CH4.FH/c1-18(2)14-24-23(27(34)32-36)4-3-13-37-22-11-9-19(10-12-22)15-25(31-26(24)33)28(35)30-17-21-7-5-20(16-29)6-8-21;;/h5-12,18,23-25,36H,3-4,13-17,29H2,1-2H3,(H,30,35)(H,31,33)(H,32,34);1H4;1H/t23-,24+,25-;;/m0../s1/i/hT. The maximum Gasteiger partial charge on any atom is 0.269 e. The zero-order valence-electron chi connectivity index (χ0n) is 22.9. The molecule has 9 nitrogen and oxygen atoms in total. The smallest absolute Gasteiger partial charge is 0.269 e. The second-order valence-electron chi connectivity index (χ2n) is 9.96. The summed E-state index contributed by atoms with van der Waals surface area (Å²) in [7, 11) is 0. The van der Waals surface area contributed by atoms with Crippen molar-refractivity contribution in [3.8, 4) is 5.75 Å². The van der Waals surface area contributed by atoms with Gasteiger partial charge in [-0.1, -0.05) is 57.7 Å². The summed E-state index contributed by atoms with van der Waals surface area (Å²) in [6.45, 7) is 5.06. The van der Waals surface area contributed by atoms with Crippen molar-refractivity contribution in [1.82, 2.24) is 16.1 Å². The number of fused-ring (bicyclic) bond motifs is 11. The lowest BCUT2D eigenvalue weighted by atomic mass is 9.81. The van der Waals surface area contributed by atoms with Crippen LogP contribution in [0.15, 0.2) is 48.5 Å². The monoisotopic (exact) mass is 548 g/mol. The average molecular weight is 549 g/mol. The minimum Gasteiger partial charge on any atom is -0.494 e. The Hall–Kier alpha value is -3.50. The number of benzene rings is 2. The van der Waals surface area contributed by atoms with E-state index in [4.69, 9.17) is 15.2 Å². The second-order valence-corrected chi connectivity index (χ2v) is 9.96. The van der Waals surface area contributed by atoms with Crippen molar-refractivity contribution >= 4 is 17.7 Å². The summed E-state index contributed by atoms with van der Waals surface area (Å²) in [6, 6.07) is 14.2. The molecule has 2 heterocycles. The van der Waals surface area contributed by atoms with Gasteiger partial charge in [-0.2, -0.15) is 0 Å². The Morgan fingerprint density at radius 3 is 2.36 bits per heavy atom. The summed E-state index contributed by atoms with van der Waals surface area (Å²) in [6.07, 6.45) is 1.58. The van der Waals surface area contributed by atoms with Crippen LogP contribution in [0.1, 0.15) is 57.2 Å². The van der Waals surface area contributed by atoms with Crippen molar-refractivity contribution in [1.29, 1.82) is 1.45 Å². The molecule has 2 aliphatic rings. The van der Waals surface area contributed by atoms with Crippen molar-refractivity contribution in [3.05, 3.63) is 65.2 Å². The van der Waals surface area contributed by atoms with Crippen molar-refractivity contribution < 1.29 is 29.0 Å². The van der Waals surface area contributed by atoms with E-state index in [1.165, 1.54) is 0 Å². The van der Waals surface area contributed by atoms with Crippen LogP contribution in [0.3, 0.4) is 0 Å². The molecule has 3 amide bonds. The number of amides is 3. The normalized spacial score (nSPS) is 19.6. The number of nitrogens with two attached hydrogens (primary N) is 1. The lowest BCUT2D eigenvalue weighted by Gasteiger charge is -2.29. The molecule has 2 aliphatic heterocycles. The van der Waals surface area contributed by atoms with Crippen LogP contribution in [0, 0.1) is 17.8 Å². The lowest BCUT2D eigenvalue weighted by molar-refractivity contribution is -0.142. The highest BCUT2D eigenvalue weighted by molar-refractivity contribution is 5.91. The number of hydrogen-bond donors (Lipinski definition) is 5. The van der Waals surface area contributed by atoms with Gasteiger partial charge in [0.2, 0.25) is 17.7 Å². The van der Waals surface area contributed by atoms with Crippen LogP contribution >= 0.6 is 0 Å². The number of ether oxygens (including phenoxy) is 1. The molecule has 2 aromatic rings. The molecule has 216 valence electrons. The molecule has 0 radical (unpaired) electrons. The van der Waals surface area contributed by atoms with Gasteiger partial charge in [0.05, 0.1) is 12.5 Å². The Balaban J connectivity index is 0.00000261. The molecule has 2 bridgehead atoms. The third-order valence-corrected chi connectivity index (χ3v) is 6.64. The first-order chi connectivity index (χ1) is 18.8. The summed E-state index contributed by atoms with van der Waals surface area (Å²) in [5.74, 6) is -1.98. The molecule has 3 atom stereocenters. The van der Waals surface area contributed by atoms with E-state index in [2.05, 4.69) is 12.1 Å². The first kappa shape index (κ1) is 31.7. The molecule has 2 aromatic carbocycles. The molecule has 4 rings (SSSR count). The summed E-state index contributed by atoms with van der Waals surface area (Å²) >= 11 is 0. The number of rotatable bonds is 7. The molecular formula is C29H43FN4O5. The average Bonchev–Trinajstić information content (AvgIpc) is 2.95. The van der Waals surface area contributed by atoms with Gasteiger partial charge in [-0.3, -0.25) is 24.3 Å². The number of hydroxylamine groups is 1. The number of carbonyl (C=O) groups is 3. The van der Waals surface area contributed by atoms with Crippen LogP contribution in [0.25, 0.3) is 0 Å². The minimum atomic E-state index is -0.849.